The molecule has 0 saturated heterocycles. The first-order valence-electron chi connectivity index (χ1n) is 5.96. The van der Waals surface area contributed by atoms with Gasteiger partial charge in [0.2, 0.25) is 0 Å². The normalized spacial score (nSPS) is 15.4. The van der Waals surface area contributed by atoms with Gasteiger partial charge >= 0.3 is 6.09 Å². The minimum atomic E-state index is -0.847. The number of methoxy groups -OCH3 is 1. The number of amides is 1. The summed E-state index contributed by atoms with van der Waals surface area (Å²) in [6.45, 7) is 1.66. The summed E-state index contributed by atoms with van der Waals surface area (Å²) in [4.78, 5) is 12.2. The van der Waals surface area contributed by atoms with Gasteiger partial charge in [-0.1, -0.05) is 30.3 Å². The van der Waals surface area contributed by atoms with Gasteiger partial charge in [0.25, 0.3) is 0 Å². The maximum absolute atomic E-state index is 10.8. The summed E-state index contributed by atoms with van der Waals surface area (Å²) < 4.78 is 5.07. The molecule has 18 heavy (non-hydrogen) atoms. The summed E-state index contributed by atoms with van der Waals surface area (Å²) in [5.74, 6) is 0. The van der Waals surface area contributed by atoms with Crippen molar-refractivity contribution in [2.45, 2.75) is 13.0 Å². The van der Waals surface area contributed by atoms with Gasteiger partial charge in [-0.05, 0) is 23.1 Å². The lowest BCUT2D eigenvalue weighted by Gasteiger charge is -2.23. The topological polar surface area (TPSA) is 49.8 Å². The van der Waals surface area contributed by atoms with Gasteiger partial charge in [-0.15, -0.1) is 0 Å². The van der Waals surface area contributed by atoms with E-state index in [-0.39, 0.29) is 0 Å². The third-order valence-corrected chi connectivity index (χ3v) is 3.12. The van der Waals surface area contributed by atoms with Crippen LogP contribution in [0.25, 0.3) is 5.57 Å². The fourth-order valence-corrected chi connectivity index (χ4v) is 2.09. The Hall–Kier alpha value is -1.81. The number of nitrogens with zero attached hydrogens (tertiary/aromatic N) is 1. The van der Waals surface area contributed by atoms with Crippen LogP contribution in [0.4, 0.5) is 4.79 Å². The van der Waals surface area contributed by atoms with Gasteiger partial charge in [-0.25, -0.2) is 4.79 Å². The molecule has 1 amide bonds. The number of carbonyl (C=O) groups is 1. The van der Waals surface area contributed by atoms with E-state index in [1.165, 1.54) is 16.0 Å². The first-order valence-corrected chi connectivity index (χ1v) is 5.96. The van der Waals surface area contributed by atoms with E-state index in [4.69, 9.17) is 9.84 Å². The third-order valence-electron chi connectivity index (χ3n) is 3.12. The van der Waals surface area contributed by atoms with Crippen LogP contribution in [-0.2, 0) is 11.3 Å². The van der Waals surface area contributed by atoms with Crippen molar-refractivity contribution in [1.29, 1.82) is 0 Å². The number of ether oxygens (including phenoxy) is 1. The molecule has 1 N–H and O–H groups in total. The first-order chi connectivity index (χ1) is 8.70. The average Bonchev–Trinajstić information content (AvgIpc) is 2.40. The van der Waals surface area contributed by atoms with Crippen molar-refractivity contribution in [3.05, 3.63) is 41.5 Å². The first kappa shape index (κ1) is 12.6. The Labute approximate surface area is 106 Å². The van der Waals surface area contributed by atoms with Crippen molar-refractivity contribution in [2.75, 3.05) is 20.2 Å². The molecule has 1 aliphatic rings. The minimum absolute atomic E-state index is 0.477. The molecule has 1 aromatic rings. The molecule has 0 unspecified atom stereocenters. The lowest BCUT2D eigenvalue weighted by atomic mass is 9.99. The summed E-state index contributed by atoms with van der Waals surface area (Å²) in [5, 5.41) is 8.87. The van der Waals surface area contributed by atoms with Crippen LogP contribution in [0.15, 0.2) is 30.3 Å². The summed E-state index contributed by atoms with van der Waals surface area (Å²) >= 11 is 0. The Morgan fingerprint density at radius 3 is 2.61 bits per heavy atom. The molecule has 1 aliphatic heterocycles. The number of hydrogen-bond donors (Lipinski definition) is 1. The van der Waals surface area contributed by atoms with Crippen molar-refractivity contribution in [3.8, 4) is 0 Å². The van der Waals surface area contributed by atoms with E-state index in [0.29, 0.717) is 19.7 Å². The molecule has 0 radical (unpaired) electrons. The lowest BCUT2D eigenvalue weighted by molar-refractivity contribution is 0.150. The van der Waals surface area contributed by atoms with Crippen LogP contribution in [-0.4, -0.2) is 36.3 Å². The molecule has 0 atom stereocenters. The van der Waals surface area contributed by atoms with Crippen LogP contribution in [0.5, 0.6) is 0 Å². The van der Waals surface area contributed by atoms with Crippen molar-refractivity contribution in [2.24, 2.45) is 0 Å². The van der Waals surface area contributed by atoms with E-state index in [0.717, 1.165) is 12.0 Å². The highest BCUT2D eigenvalue weighted by Crippen LogP contribution is 2.22. The Balaban J connectivity index is 2.06. The van der Waals surface area contributed by atoms with Crippen LogP contribution in [0.2, 0.25) is 0 Å². The minimum Gasteiger partial charge on any atom is -0.465 e. The zero-order valence-electron chi connectivity index (χ0n) is 10.4. The number of carboxylic acid groups (broad SMARTS) is 1. The van der Waals surface area contributed by atoms with Crippen molar-refractivity contribution < 1.29 is 14.6 Å². The number of hydrogen-bond acceptors (Lipinski definition) is 2. The fraction of sp³-hybridized carbons (Fsp3) is 0.357. The highest BCUT2D eigenvalue weighted by Gasteiger charge is 2.16. The zero-order chi connectivity index (χ0) is 13.0. The van der Waals surface area contributed by atoms with Gasteiger partial charge in [0, 0.05) is 20.2 Å². The van der Waals surface area contributed by atoms with E-state index in [1.54, 1.807) is 7.11 Å². The van der Waals surface area contributed by atoms with E-state index in [1.807, 2.05) is 18.2 Å². The van der Waals surface area contributed by atoms with Crippen molar-refractivity contribution in [3.63, 3.8) is 0 Å². The van der Waals surface area contributed by atoms with E-state index >= 15 is 0 Å². The van der Waals surface area contributed by atoms with Crippen molar-refractivity contribution >= 4 is 11.7 Å². The van der Waals surface area contributed by atoms with Crippen molar-refractivity contribution in [1.82, 2.24) is 4.90 Å². The molecule has 0 bridgehead atoms. The molecule has 0 fully saturated rings. The number of rotatable bonds is 3. The average molecular weight is 247 g/mol. The Bertz CT molecular complexity index is 451. The Morgan fingerprint density at radius 1 is 1.39 bits per heavy atom. The third kappa shape index (κ3) is 2.90. The van der Waals surface area contributed by atoms with Gasteiger partial charge in [0.05, 0.1) is 6.61 Å². The van der Waals surface area contributed by atoms with Gasteiger partial charge < -0.3 is 14.7 Å². The highest BCUT2D eigenvalue weighted by molar-refractivity contribution is 5.71. The zero-order valence-corrected chi connectivity index (χ0v) is 10.4. The predicted octanol–water partition coefficient (Wildman–Crippen LogP) is 2.60. The molecule has 2 rings (SSSR count). The van der Waals surface area contributed by atoms with Gasteiger partial charge in [-0.2, -0.15) is 0 Å². The Morgan fingerprint density at radius 2 is 2.11 bits per heavy atom. The summed E-state index contributed by atoms with van der Waals surface area (Å²) in [6, 6.07) is 8.22. The largest absolute Gasteiger partial charge is 0.465 e. The molecule has 4 nitrogen and oxygen atoms in total. The Kier molecular flexibility index (Phi) is 3.99. The molecule has 4 heteroatoms. The van der Waals surface area contributed by atoms with Crippen LogP contribution in [0.1, 0.15) is 17.5 Å². The maximum atomic E-state index is 10.8. The molecule has 1 heterocycles. The van der Waals surface area contributed by atoms with Crippen LogP contribution >= 0.6 is 0 Å². The molecule has 0 aromatic heterocycles. The molecule has 96 valence electrons. The van der Waals surface area contributed by atoms with E-state index in [9.17, 15) is 4.79 Å². The lowest BCUT2D eigenvalue weighted by Crippen LogP contribution is -2.33. The number of benzene rings is 1. The predicted molar refractivity (Wildman–Crippen MR) is 69.3 cm³/mol. The summed E-state index contributed by atoms with van der Waals surface area (Å²) in [7, 11) is 1.68. The highest BCUT2D eigenvalue weighted by atomic mass is 16.5. The molecule has 0 saturated carbocycles. The fourth-order valence-electron chi connectivity index (χ4n) is 2.09. The van der Waals surface area contributed by atoms with Gasteiger partial charge in [0.1, 0.15) is 0 Å². The molecule has 1 aromatic carbocycles. The SMILES string of the molecule is COCc1ccc(C2=CCN(C(=O)O)CC2)cc1. The molecule has 0 aliphatic carbocycles. The van der Waals surface area contributed by atoms with Gasteiger partial charge in [-0.3, -0.25) is 0 Å². The molecular formula is C14H17NO3. The van der Waals surface area contributed by atoms with Gasteiger partial charge in [0.15, 0.2) is 0 Å². The van der Waals surface area contributed by atoms with Crippen LogP contribution in [0.3, 0.4) is 0 Å². The quantitative estimate of drug-likeness (QED) is 0.893. The second kappa shape index (κ2) is 5.69. The molecular weight excluding hydrogens is 230 g/mol. The standard InChI is InChI=1S/C14H17NO3/c1-18-10-11-2-4-12(5-3-11)13-6-8-15(9-7-13)14(16)17/h2-6H,7-10H2,1H3,(H,16,17). The molecule has 0 spiro atoms. The van der Waals surface area contributed by atoms with Crippen LogP contribution in [0, 0.1) is 0 Å². The second-order valence-electron chi connectivity index (χ2n) is 4.34. The van der Waals surface area contributed by atoms with E-state index < -0.39 is 6.09 Å². The second-order valence-corrected chi connectivity index (χ2v) is 4.34. The maximum Gasteiger partial charge on any atom is 0.407 e. The smallest absolute Gasteiger partial charge is 0.407 e. The summed E-state index contributed by atoms with van der Waals surface area (Å²) in [5.41, 5.74) is 3.53. The summed E-state index contributed by atoms with van der Waals surface area (Å²) in [6.07, 6.45) is 1.92. The van der Waals surface area contributed by atoms with Crippen LogP contribution < -0.4 is 0 Å². The monoisotopic (exact) mass is 247 g/mol. The van der Waals surface area contributed by atoms with E-state index in [2.05, 4.69) is 12.1 Å².